The van der Waals surface area contributed by atoms with Crippen molar-refractivity contribution >= 4 is 17.8 Å². The standard InChI is InChI=1S/C25H38FN7O/c1-3-33-14-8-11-20(33)17-28-24-30-23(27-16-18-12-13-22(34-2)21(26)15-18)31-25(32-24)29-19-9-6-4-5-7-10-19/h12-13,15,19-20H,3-11,14,16-17H2,1-2H3,(H3,27,28,29,30,31,32). The Balaban J connectivity index is 1.46. The predicted molar refractivity (Wildman–Crippen MR) is 134 cm³/mol. The Morgan fingerprint density at radius 3 is 2.41 bits per heavy atom. The average molecular weight is 472 g/mol. The lowest BCUT2D eigenvalue weighted by atomic mass is 10.1. The van der Waals surface area contributed by atoms with Gasteiger partial charge in [-0.15, -0.1) is 0 Å². The van der Waals surface area contributed by atoms with E-state index in [9.17, 15) is 4.39 Å². The van der Waals surface area contributed by atoms with E-state index in [1.54, 1.807) is 6.07 Å². The van der Waals surface area contributed by atoms with Crippen LogP contribution in [0.1, 0.15) is 63.9 Å². The smallest absolute Gasteiger partial charge is 0.229 e. The third-order valence-electron chi connectivity index (χ3n) is 6.89. The lowest BCUT2D eigenvalue weighted by molar-refractivity contribution is 0.277. The first-order valence-electron chi connectivity index (χ1n) is 12.7. The summed E-state index contributed by atoms with van der Waals surface area (Å²) in [6, 6.07) is 5.81. The van der Waals surface area contributed by atoms with Crippen LogP contribution in [0, 0.1) is 5.82 Å². The van der Waals surface area contributed by atoms with Gasteiger partial charge in [0.05, 0.1) is 7.11 Å². The Morgan fingerprint density at radius 1 is 0.971 bits per heavy atom. The molecule has 0 amide bonds. The lowest BCUT2D eigenvalue weighted by Crippen LogP contribution is -2.35. The maximum Gasteiger partial charge on any atom is 0.229 e. The number of rotatable bonds is 10. The fourth-order valence-corrected chi connectivity index (χ4v) is 4.96. The van der Waals surface area contributed by atoms with Crippen molar-refractivity contribution in [2.24, 2.45) is 0 Å². The third kappa shape index (κ3) is 6.68. The number of hydrogen-bond acceptors (Lipinski definition) is 8. The van der Waals surface area contributed by atoms with Crippen molar-refractivity contribution in [3.63, 3.8) is 0 Å². The minimum absolute atomic E-state index is 0.235. The molecule has 0 spiro atoms. The highest BCUT2D eigenvalue weighted by Gasteiger charge is 2.23. The Hall–Kier alpha value is -2.68. The average Bonchev–Trinajstić information content (AvgIpc) is 3.16. The van der Waals surface area contributed by atoms with Crippen LogP contribution >= 0.6 is 0 Å². The van der Waals surface area contributed by atoms with Gasteiger partial charge in [-0.3, -0.25) is 4.90 Å². The van der Waals surface area contributed by atoms with Gasteiger partial charge in [0.2, 0.25) is 17.8 Å². The molecule has 2 aromatic rings. The highest BCUT2D eigenvalue weighted by molar-refractivity contribution is 5.43. The van der Waals surface area contributed by atoms with E-state index < -0.39 is 0 Å². The molecule has 186 valence electrons. The summed E-state index contributed by atoms with van der Waals surface area (Å²) in [6.45, 7) is 5.63. The van der Waals surface area contributed by atoms with Crippen molar-refractivity contribution in [3.8, 4) is 5.75 Å². The zero-order valence-corrected chi connectivity index (χ0v) is 20.4. The van der Waals surface area contributed by atoms with Gasteiger partial charge >= 0.3 is 0 Å². The van der Waals surface area contributed by atoms with Gasteiger partial charge in [0.15, 0.2) is 11.6 Å². The number of aromatic nitrogens is 3. The first-order chi connectivity index (χ1) is 16.6. The molecule has 34 heavy (non-hydrogen) atoms. The van der Waals surface area contributed by atoms with Gasteiger partial charge < -0.3 is 20.7 Å². The van der Waals surface area contributed by atoms with E-state index in [0.29, 0.717) is 36.5 Å². The molecule has 1 saturated heterocycles. The quantitative estimate of drug-likeness (QED) is 0.431. The van der Waals surface area contributed by atoms with Crippen molar-refractivity contribution in [1.82, 2.24) is 19.9 Å². The minimum atomic E-state index is -0.382. The lowest BCUT2D eigenvalue weighted by Gasteiger charge is -2.23. The maximum atomic E-state index is 14.1. The maximum absolute atomic E-state index is 14.1. The molecule has 4 rings (SSSR count). The van der Waals surface area contributed by atoms with Crippen LogP contribution in [-0.4, -0.2) is 58.7 Å². The fraction of sp³-hybridized carbons (Fsp3) is 0.640. The van der Waals surface area contributed by atoms with E-state index >= 15 is 0 Å². The van der Waals surface area contributed by atoms with Crippen molar-refractivity contribution in [3.05, 3.63) is 29.6 Å². The van der Waals surface area contributed by atoms with Crippen molar-refractivity contribution in [2.75, 3.05) is 42.7 Å². The molecule has 1 unspecified atom stereocenters. The van der Waals surface area contributed by atoms with E-state index in [2.05, 4.69) is 42.7 Å². The number of ether oxygens (including phenoxy) is 1. The summed E-state index contributed by atoms with van der Waals surface area (Å²) in [5, 5.41) is 10.2. The van der Waals surface area contributed by atoms with Crippen LogP contribution in [0.5, 0.6) is 5.75 Å². The number of hydrogen-bond donors (Lipinski definition) is 3. The summed E-state index contributed by atoms with van der Waals surface area (Å²) in [7, 11) is 1.46. The number of benzene rings is 1. The Kier molecular flexibility index (Phi) is 8.73. The zero-order valence-electron chi connectivity index (χ0n) is 20.4. The first-order valence-corrected chi connectivity index (χ1v) is 12.7. The molecule has 0 radical (unpaired) electrons. The molecule has 2 fully saturated rings. The van der Waals surface area contributed by atoms with Gasteiger partial charge in [0.25, 0.3) is 0 Å². The van der Waals surface area contributed by atoms with Gasteiger partial charge in [-0.1, -0.05) is 38.7 Å². The summed E-state index contributed by atoms with van der Waals surface area (Å²) < 4.78 is 19.1. The van der Waals surface area contributed by atoms with Crippen LogP contribution < -0.4 is 20.7 Å². The number of methoxy groups -OCH3 is 1. The second kappa shape index (κ2) is 12.1. The Labute approximate surface area is 202 Å². The molecule has 1 aliphatic heterocycles. The van der Waals surface area contributed by atoms with Crippen LogP contribution in [0.25, 0.3) is 0 Å². The molecule has 2 heterocycles. The molecule has 1 aliphatic carbocycles. The number of anilines is 3. The van der Waals surface area contributed by atoms with Gasteiger partial charge in [0.1, 0.15) is 0 Å². The van der Waals surface area contributed by atoms with Gasteiger partial charge in [-0.05, 0) is 56.5 Å². The van der Waals surface area contributed by atoms with Crippen molar-refractivity contribution in [1.29, 1.82) is 0 Å². The Morgan fingerprint density at radius 2 is 1.71 bits per heavy atom. The molecule has 3 N–H and O–H groups in total. The molecule has 8 nitrogen and oxygen atoms in total. The zero-order chi connectivity index (χ0) is 23.8. The largest absolute Gasteiger partial charge is 0.494 e. The van der Waals surface area contributed by atoms with E-state index in [4.69, 9.17) is 4.74 Å². The molecular weight excluding hydrogens is 433 g/mol. The molecule has 1 aromatic carbocycles. The number of halogens is 1. The summed E-state index contributed by atoms with van der Waals surface area (Å²) in [4.78, 5) is 16.4. The van der Waals surface area contributed by atoms with Crippen LogP contribution in [-0.2, 0) is 6.54 Å². The molecule has 9 heteroatoms. The number of nitrogens with zero attached hydrogens (tertiary/aromatic N) is 4. The molecule has 1 atom stereocenters. The second-order valence-corrected chi connectivity index (χ2v) is 9.27. The predicted octanol–water partition coefficient (Wildman–Crippen LogP) is 4.66. The molecule has 1 saturated carbocycles. The van der Waals surface area contributed by atoms with Gasteiger partial charge in [-0.2, -0.15) is 15.0 Å². The highest BCUT2D eigenvalue weighted by atomic mass is 19.1. The fourth-order valence-electron chi connectivity index (χ4n) is 4.96. The van der Waals surface area contributed by atoms with E-state index in [1.807, 2.05) is 6.07 Å². The first kappa shape index (κ1) is 24.4. The van der Waals surface area contributed by atoms with E-state index in [0.717, 1.165) is 38.0 Å². The van der Waals surface area contributed by atoms with Crippen LogP contribution in [0.4, 0.5) is 22.2 Å². The normalized spacial score (nSPS) is 19.6. The van der Waals surface area contributed by atoms with E-state index in [-0.39, 0.29) is 11.6 Å². The van der Waals surface area contributed by atoms with Crippen molar-refractivity contribution in [2.45, 2.75) is 76.9 Å². The minimum Gasteiger partial charge on any atom is -0.494 e. The molecule has 0 bridgehead atoms. The third-order valence-corrected chi connectivity index (χ3v) is 6.89. The summed E-state index contributed by atoms with van der Waals surface area (Å²) in [6.07, 6.45) is 9.74. The van der Waals surface area contributed by atoms with Crippen LogP contribution in [0.3, 0.4) is 0 Å². The number of likely N-dealkylation sites (N-methyl/N-ethyl adjacent to an activating group) is 1. The summed E-state index contributed by atoms with van der Waals surface area (Å²) in [5.74, 6) is 1.48. The van der Waals surface area contributed by atoms with Crippen molar-refractivity contribution < 1.29 is 9.13 Å². The Bertz CT molecular complexity index is 920. The van der Waals surface area contributed by atoms with Crippen LogP contribution in [0.15, 0.2) is 18.2 Å². The molecular formula is C25H38FN7O. The van der Waals surface area contributed by atoms with Gasteiger partial charge in [-0.25, -0.2) is 4.39 Å². The number of likely N-dealkylation sites (tertiary alicyclic amines) is 1. The SMILES string of the molecule is CCN1CCCC1CNc1nc(NCc2ccc(OC)c(F)c2)nc(NC2CCCCCC2)n1. The summed E-state index contributed by atoms with van der Waals surface area (Å²) >= 11 is 0. The monoisotopic (exact) mass is 471 g/mol. The second-order valence-electron chi connectivity index (χ2n) is 9.27. The van der Waals surface area contributed by atoms with Crippen LogP contribution in [0.2, 0.25) is 0 Å². The van der Waals surface area contributed by atoms with E-state index in [1.165, 1.54) is 51.7 Å². The number of nitrogens with one attached hydrogen (secondary N) is 3. The molecule has 1 aromatic heterocycles. The van der Waals surface area contributed by atoms with Gasteiger partial charge in [0, 0.05) is 25.2 Å². The summed E-state index contributed by atoms with van der Waals surface area (Å²) in [5.41, 5.74) is 0.788. The topological polar surface area (TPSA) is 87.2 Å². The highest BCUT2D eigenvalue weighted by Crippen LogP contribution is 2.22. The molecule has 2 aliphatic rings.